The summed E-state index contributed by atoms with van der Waals surface area (Å²) in [5.41, 5.74) is 1.54. The topological polar surface area (TPSA) is 64.4 Å². The highest BCUT2D eigenvalue weighted by Gasteiger charge is 2.11. The molecule has 0 saturated carbocycles. The third-order valence-electron chi connectivity index (χ3n) is 1.78. The van der Waals surface area contributed by atoms with Crippen LogP contribution in [0.1, 0.15) is 11.4 Å². The normalized spacial score (nSPS) is 10.1. The van der Waals surface area contributed by atoms with Gasteiger partial charge < -0.3 is 9.84 Å². The summed E-state index contributed by atoms with van der Waals surface area (Å²) in [6, 6.07) is 0. The minimum absolute atomic E-state index is 0.326. The molecule has 0 aliphatic carbocycles. The second-order valence-corrected chi connectivity index (χ2v) is 2.81. The van der Waals surface area contributed by atoms with E-state index >= 15 is 0 Å². The van der Waals surface area contributed by atoms with Gasteiger partial charge in [-0.1, -0.05) is 0 Å². The first-order valence-electron chi connectivity index (χ1n) is 3.87. The number of aromatic nitrogens is 2. The maximum absolute atomic E-state index is 10.2. The van der Waals surface area contributed by atoms with Crippen LogP contribution in [-0.2, 0) is 11.8 Å². The van der Waals surface area contributed by atoms with Crippen molar-refractivity contribution in [2.75, 3.05) is 6.61 Å². The Morgan fingerprint density at radius 3 is 2.62 bits per heavy atom. The molecule has 0 unspecified atom stereocenters. The lowest BCUT2D eigenvalue weighted by molar-refractivity contribution is -0.139. The molecule has 5 nitrogen and oxygen atoms in total. The van der Waals surface area contributed by atoms with Gasteiger partial charge in [0, 0.05) is 7.05 Å². The number of nitrogens with zero attached hydrogens (tertiary/aromatic N) is 2. The number of hydrogen-bond acceptors (Lipinski definition) is 3. The lowest BCUT2D eigenvalue weighted by atomic mass is 10.3. The van der Waals surface area contributed by atoms with Crippen molar-refractivity contribution in [3.8, 4) is 5.75 Å². The average Bonchev–Trinajstić information content (AvgIpc) is 2.24. The van der Waals surface area contributed by atoms with Gasteiger partial charge >= 0.3 is 5.97 Å². The molecule has 0 aromatic carbocycles. The fourth-order valence-electron chi connectivity index (χ4n) is 1.10. The van der Waals surface area contributed by atoms with Crippen molar-refractivity contribution in [3.05, 3.63) is 11.4 Å². The van der Waals surface area contributed by atoms with Crippen LogP contribution < -0.4 is 4.74 Å². The zero-order valence-corrected chi connectivity index (χ0v) is 7.87. The van der Waals surface area contributed by atoms with Gasteiger partial charge in [0.05, 0.1) is 5.69 Å². The van der Waals surface area contributed by atoms with Crippen LogP contribution in [0.4, 0.5) is 0 Å². The highest BCUT2D eigenvalue weighted by molar-refractivity contribution is 5.68. The van der Waals surface area contributed by atoms with Crippen molar-refractivity contribution >= 4 is 5.97 Å². The Hall–Kier alpha value is -1.52. The number of carboxylic acid groups (broad SMARTS) is 1. The number of ether oxygens (including phenoxy) is 1. The van der Waals surface area contributed by atoms with Crippen LogP contribution in [0.2, 0.25) is 0 Å². The Bertz CT molecular complexity index is 330. The molecule has 0 amide bonds. The SMILES string of the molecule is Cc1nn(C)c(C)c1OCC(=O)O. The highest BCUT2D eigenvalue weighted by atomic mass is 16.5. The predicted molar refractivity (Wildman–Crippen MR) is 45.8 cm³/mol. The second kappa shape index (κ2) is 3.47. The number of carboxylic acids is 1. The Morgan fingerprint density at radius 1 is 1.62 bits per heavy atom. The first kappa shape index (κ1) is 9.57. The summed E-state index contributed by atoms with van der Waals surface area (Å²) in [7, 11) is 1.79. The van der Waals surface area contributed by atoms with Gasteiger partial charge in [-0.15, -0.1) is 0 Å². The fourth-order valence-corrected chi connectivity index (χ4v) is 1.10. The van der Waals surface area contributed by atoms with E-state index < -0.39 is 5.97 Å². The van der Waals surface area contributed by atoms with E-state index in [0.29, 0.717) is 11.4 Å². The van der Waals surface area contributed by atoms with Crippen LogP contribution in [0.25, 0.3) is 0 Å². The molecule has 0 saturated heterocycles. The molecule has 0 radical (unpaired) electrons. The minimum atomic E-state index is -0.984. The molecule has 0 aliphatic heterocycles. The molecule has 5 heteroatoms. The van der Waals surface area contributed by atoms with Crippen molar-refractivity contribution in [3.63, 3.8) is 0 Å². The molecule has 0 aliphatic rings. The Morgan fingerprint density at radius 2 is 2.23 bits per heavy atom. The van der Waals surface area contributed by atoms with Crippen molar-refractivity contribution < 1.29 is 14.6 Å². The maximum atomic E-state index is 10.2. The van der Waals surface area contributed by atoms with Gasteiger partial charge in [-0.25, -0.2) is 4.79 Å². The Balaban J connectivity index is 2.81. The maximum Gasteiger partial charge on any atom is 0.341 e. The molecule has 0 spiro atoms. The van der Waals surface area contributed by atoms with Crippen LogP contribution in [0, 0.1) is 13.8 Å². The number of hydrogen-bond donors (Lipinski definition) is 1. The molecule has 1 heterocycles. The molecule has 0 bridgehead atoms. The summed E-state index contributed by atoms with van der Waals surface area (Å²) in [5.74, 6) is -0.424. The molecule has 0 atom stereocenters. The smallest absolute Gasteiger partial charge is 0.341 e. The largest absolute Gasteiger partial charge is 0.479 e. The molecule has 1 aromatic heterocycles. The molecule has 1 N–H and O–H groups in total. The molecule has 0 fully saturated rings. The summed E-state index contributed by atoms with van der Waals surface area (Å²) in [6.07, 6.45) is 0. The molecular weight excluding hydrogens is 172 g/mol. The lowest BCUT2D eigenvalue weighted by Gasteiger charge is -2.02. The quantitative estimate of drug-likeness (QED) is 0.743. The monoisotopic (exact) mass is 184 g/mol. The Kier molecular flexibility index (Phi) is 2.55. The van der Waals surface area contributed by atoms with Gasteiger partial charge in [0.15, 0.2) is 12.4 Å². The molecule has 1 aromatic rings. The second-order valence-electron chi connectivity index (χ2n) is 2.81. The molecule has 13 heavy (non-hydrogen) atoms. The molecule has 72 valence electrons. The van der Waals surface area contributed by atoms with Gasteiger partial charge in [0.1, 0.15) is 5.69 Å². The van der Waals surface area contributed by atoms with Crippen molar-refractivity contribution in [1.82, 2.24) is 9.78 Å². The van der Waals surface area contributed by atoms with E-state index in [1.54, 1.807) is 18.7 Å². The van der Waals surface area contributed by atoms with Crippen LogP contribution in [0.5, 0.6) is 5.75 Å². The minimum Gasteiger partial charge on any atom is -0.479 e. The average molecular weight is 184 g/mol. The summed E-state index contributed by atoms with van der Waals surface area (Å²) >= 11 is 0. The first-order valence-corrected chi connectivity index (χ1v) is 3.87. The van der Waals surface area contributed by atoms with Gasteiger partial charge in [-0.2, -0.15) is 5.10 Å². The number of carbonyl (C=O) groups is 1. The number of aryl methyl sites for hydroxylation is 2. The van der Waals surface area contributed by atoms with Gasteiger partial charge in [0.2, 0.25) is 0 Å². The third kappa shape index (κ3) is 1.99. The van der Waals surface area contributed by atoms with Crippen LogP contribution in [0.3, 0.4) is 0 Å². The van der Waals surface area contributed by atoms with Gasteiger partial charge in [-0.3, -0.25) is 4.68 Å². The van der Waals surface area contributed by atoms with E-state index in [1.807, 2.05) is 6.92 Å². The number of aliphatic carboxylic acids is 1. The van der Waals surface area contributed by atoms with Crippen molar-refractivity contribution in [2.45, 2.75) is 13.8 Å². The van der Waals surface area contributed by atoms with E-state index in [2.05, 4.69) is 5.10 Å². The van der Waals surface area contributed by atoms with E-state index in [0.717, 1.165) is 5.69 Å². The van der Waals surface area contributed by atoms with E-state index in [-0.39, 0.29) is 6.61 Å². The van der Waals surface area contributed by atoms with E-state index in [9.17, 15) is 4.79 Å². The fraction of sp³-hybridized carbons (Fsp3) is 0.500. The van der Waals surface area contributed by atoms with E-state index in [1.165, 1.54) is 0 Å². The first-order chi connectivity index (χ1) is 6.02. The predicted octanol–water partition coefficient (Wildman–Crippen LogP) is 0.500. The van der Waals surface area contributed by atoms with Crippen LogP contribution in [-0.4, -0.2) is 27.5 Å². The summed E-state index contributed by atoms with van der Waals surface area (Å²) in [6.45, 7) is 3.29. The van der Waals surface area contributed by atoms with Crippen molar-refractivity contribution in [2.24, 2.45) is 7.05 Å². The summed E-state index contributed by atoms with van der Waals surface area (Å²) in [4.78, 5) is 10.2. The van der Waals surface area contributed by atoms with Crippen molar-refractivity contribution in [1.29, 1.82) is 0 Å². The lowest BCUT2D eigenvalue weighted by Crippen LogP contribution is -2.10. The third-order valence-corrected chi connectivity index (χ3v) is 1.78. The zero-order valence-electron chi connectivity index (χ0n) is 7.87. The summed E-state index contributed by atoms with van der Waals surface area (Å²) < 4.78 is 6.73. The number of rotatable bonds is 3. The molecular formula is C8H12N2O3. The standard InChI is InChI=1S/C8H12N2O3/c1-5-8(13-4-7(11)12)6(2)10(3)9-5/h4H2,1-3H3,(H,11,12). The van der Waals surface area contributed by atoms with Gasteiger partial charge in [-0.05, 0) is 13.8 Å². The summed E-state index contributed by atoms with van der Waals surface area (Å²) in [5, 5.41) is 12.5. The molecule has 1 rings (SSSR count). The van der Waals surface area contributed by atoms with E-state index in [4.69, 9.17) is 9.84 Å². The van der Waals surface area contributed by atoms with Gasteiger partial charge in [0.25, 0.3) is 0 Å². The van der Waals surface area contributed by atoms with Crippen LogP contribution >= 0.6 is 0 Å². The highest BCUT2D eigenvalue weighted by Crippen LogP contribution is 2.20. The zero-order chi connectivity index (χ0) is 10.0. The Labute approximate surface area is 75.9 Å². The van der Waals surface area contributed by atoms with Crippen LogP contribution in [0.15, 0.2) is 0 Å².